The summed E-state index contributed by atoms with van der Waals surface area (Å²) in [5.41, 5.74) is 3.03. The second-order valence-corrected chi connectivity index (χ2v) is 5.75. The summed E-state index contributed by atoms with van der Waals surface area (Å²) in [7, 11) is 0. The second-order valence-electron chi connectivity index (χ2n) is 5.75. The van der Waals surface area contributed by atoms with Gasteiger partial charge >= 0.3 is 0 Å². The molecule has 1 amide bonds. The summed E-state index contributed by atoms with van der Waals surface area (Å²) in [4.78, 5) is 21.0. The van der Waals surface area contributed by atoms with Gasteiger partial charge in [-0.15, -0.1) is 0 Å². The van der Waals surface area contributed by atoms with Gasteiger partial charge in [0, 0.05) is 23.5 Å². The van der Waals surface area contributed by atoms with Crippen molar-refractivity contribution in [1.82, 2.24) is 19.6 Å². The number of amides is 1. The number of pyridine rings is 1. The largest absolute Gasteiger partial charge is 0.305 e. The van der Waals surface area contributed by atoms with Crippen molar-refractivity contribution in [2.24, 2.45) is 0 Å². The summed E-state index contributed by atoms with van der Waals surface area (Å²) in [6, 6.07) is 14.8. The smallest absolute Gasteiger partial charge is 0.277 e. The highest BCUT2D eigenvalue weighted by Crippen LogP contribution is 2.20. The highest BCUT2D eigenvalue weighted by molar-refractivity contribution is 6.03. The van der Waals surface area contributed by atoms with Gasteiger partial charge in [0.25, 0.3) is 5.91 Å². The summed E-state index contributed by atoms with van der Waals surface area (Å²) in [6.45, 7) is 1.85. The maximum atomic E-state index is 13.2. The lowest BCUT2D eigenvalue weighted by Crippen LogP contribution is -2.14. The first kappa shape index (κ1) is 15.9. The second kappa shape index (κ2) is 6.36. The molecule has 0 radical (unpaired) electrons. The van der Waals surface area contributed by atoms with Gasteiger partial charge in [-0.05, 0) is 49.4 Å². The Balaban J connectivity index is 1.70. The number of nitrogens with one attached hydrogen (secondary N) is 1. The first-order chi connectivity index (χ1) is 12.6. The molecule has 0 saturated carbocycles. The van der Waals surface area contributed by atoms with Crippen LogP contribution in [0, 0.1) is 12.7 Å². The van der Waals surface area contributed by atoms with Gasteiger partial charge in [0.2, 0.25) is 0 Å². The normalized spacial score (nSPS) is 10.8. The number of fused-ring (bicyclic) bond motifs is 1. The number of nitrogens with zero attached hydrogens (tertiary/aromatic N) is 4. The van der Waals surface area contributed by atoms with Crippen molar-refractivity contribution in [3.8, 4) is 11.3 Å². The Hall–Kier alpha value is -3.61. The molecule has 3 heterocycles. The van der Waals surface area contributed by atoms with Crippen LogP contribution in [0.4, 0.5) is 10.2 Å². The standard InChI is InChI=1S/C19H14FN5O/c1-12-3-2-4-17(22-12)23-19(26)15-11-18-21-10-9-16(25(18)24-15)13-5-7-14(20)8-6-13/h2-11H,1H3,(H,22,23,26). The number of rotatable bonds is 3. The first-order valence-corrected chi connectivity index (χ1v) is 7.96. The van der Waals surface area contributed by atoms with Gasteiger partial charge in [-0.1, -0.05) is 6.07 Å². The van der Waals surface area contributed by atoms with Gasteiger partial charge in [-0.2, -0.15) is 5.10 Å². The molecule has 0 aliphatic rings. The van der Waals surface area contributed by atoms with E-state index in [4.69, 9.17) is 0 Å². The van der Waals surface area contributed by atoms with Gasteiger partial charge in [0.15, 0.2) is 11.3 Å². The highest BCUT2D eigenvalue weighted by Gasteiger charge is 2.14. The lowest BCUT2D eigenvalue weighted by molar-refractivity contribution is 0.102. The number of carbonyl (C=O) groups is 1. The van der Waals surface area contributed by atoms with Crippen LogP contribution < -0.4 is 5.32 Å². The number of aryl methyl sites for hydroxylation is 1. The van der Waals surface area contributed by atoms with E-state index in [0.29, 0.717) is 17.2 Å². The van der Waals surface area contributed by atoms with Gasteiger partial charge in [0.1, 0.15) is 11.6 Å². The minimum atomic E-state index is -0.376. The van der Waals surface area contributed by atoms with Crippen molar-refractivity contribution in [3.05, 3.63) is 78.0 Å². The van der Waals surface area contributed by atoms with Crippen molar-refractivity contribution >= 4 is 17.4 Å². The summed E-state index contributed by atoms with van der Waals surface area (Å²) < 4.78 is 14.7. The number of benzene rings is 1. The van der Waals surface area contributed by atoms with Crippen LogP contribution in [0.1, 0.15) is 16.2 Å². The molecular weight excluding hydrogens is 333 g/mol. The molecule has 6 nitrogen and oxygen atoms in total. The lowest BCUT2D eigenvalue weighted by atomic mass is 10.1. The van der Waals surface area contributed by atoms with E-state index in [1.807, 2.05) is 19.1 Å². The molecule has 7 heteroatoms. The van der Waals surface area contributed by atoms with E-state index in [1.54, 1.807) is 41.0 Å². The Morgan fingerprint density at radius 2 is 1.92 bits per heavy atom. The fraction of sp³-hybridized carbons (Fsp3) is 0.0526. The Kier molecular flexibility index (Phi) is 3.89. The number of aromatic nitrogens is 4. The molecule has 0 aliphatic heterocycles. The molecule has 0 atom stereocenters. The predicted octanol–water partition coefficient (Wildman–Crippen LogP) is 3.49. The van der Waals surface area contributed by atoms with Crippen molar-refractivity contribution in [2.75, 3.05) is 5.32 Å². The SMILES string of the molecule is Cc1cccc(NC(=O)c2cc3nccc(-c4ccc(F)cc4)n3n2)n1. The van der Waals surface area contributed by atoms with Gasteiger partial charge in [0.05, 0.1) is 5.69 Å². The zero-order chi connectivity index (χ0) is 18.1. The molecule has 0 unspecified atom stereocenters. The molecule has 0 saturated heterocycles. The Labute approximate surface area is 148 Å². The van der Waals surface area contributed by atoms with E-state index in [0.717, 1.165) is 11.3 Å². The molecule has 0 spiro atoms. The number of carbonyl (C=O) groups excluding carboxylic acids is 1. The average Bonchev–Trinajstić information content (AvgIpc) is 3.07. The maximum absolute atomic E-state index is 13.2. The van der Waals surface area contributed by atoms with Crippen LogP contribution in [0.5, 0.6) is 0 Å². The first-order valence-electron chi connectivity index (χ1n) is 7.96. The van der Waals surface area contributed by atoms with E-state index in [1.165, 1.54) is 12.1 Å². The molecule has 1 aromatic carbocycles. The van der Waals surface area contributed by atoms with Crippen LogP contribution >= 0.6 is 0 Å². The average molecular weight is 347 g/mol. The van der Waals surface area contributed by atoms with E-state index in [-0.39, 0.29) is 17.4 Å². The van der Waals surface area contributed by atoms with Crippen LogP contribution in [0.25, 0.3) is 16.9 Å². The summed E-state index contributed by atoms with van der Waals surface area (Å²) in [5, 5.41) is 7.07. The van der Waals surface area contributed by atoms with E-state index in [9.17, 15) is 9.18 Å². The zero-order valence-corrected chi connectivity index (χ0v) is 13.8. The number of anilines is 1. The minimum absolute atomic E-state index is 0.218. The molecule has 4 rings (SSSR count). The molecule has 0 fully saturated rings. The summed E-state index contributed by atoms with van der Waals surface area (Å²) in [5.74, 6) is -0.234. The zero-order valence-electron chi connectivity index (χ0n) is 13.8. The third-order valence-electron chi connectivity index (χ3n) is 3.86. The molecule has 0 bridgehead atoms. The Morgan fingerprint density at radius 3 is 2.69 bits per heavy atom. The highest BCUT2D eigenvalue weighted by atomic mass is 19.1. The third-order valence-corrected chi connectivity index (χ3v) is 3.86. The van der Waals surface area contributed by atoms with Crippen molar-refractivity contribution in [2.45, 2.75) is 6.92 Å². The van der Waals surface area contributed by atoms with Gasteiger partial charge < -0.3 is 5.32 Å². The fourth-order valence-electron chi connectivity index (χ4n) is 2.64. The molecule has 4 aromatic rings. The van der Waals surface area contributed by atoms with E-state index < -0.39 is 0 Å². The molecule has 3 aromatic heterocycles. The number of halogens is 1. The van der Waals surface area contributed by atoms with E-state index in [2.05, 4.69) is 20.4 Å². The molecule has 0 aliphatic carbocycles. The van der Waals surface area contributed by atoms with Crippen LogP contribution in [-0.2, 0) is 0 Å². The number of hydrogen-bond donors (Lipinski definition) is 1. The quantitative estimate of drug-likeness (QED) is 0.616. The molecule has 26 heavy (non-hydrogen) atoms. The summed E-state index contributed by atoms with van der Waals surface area (Å²) in [6.07, 6.45) is 1.62. The minimum Gasteiger partial charge on any atom is -0.305 e. The van der Waals surface area contributed by atoms with Gasteiger partial charge in [-0.25, -0.2) is 18.9 Å². The van der Waals surface area contributed by atoms with Crippen molar-refractivity contribution in [1.29, 1.82) is 0 Å². The third kappa shape index (κ3) is 3.02. The van der Waals surface area contributed by atoms with Crippen molar-refractivity contribution < 1.29 is 9.18 Å². The van der Waals surface area contributed by atoms with Crippen LogP contribution in [0.2, 0.25) is 0 Å². The predicted molar refractivity (Wildman–Crippen MR) is 95.3 cm³/mol. The van der Waals surface area contributed by atoms with Crippen LogP contribution in [-0.4, -0.2) is 25.5 Å². The lowest BCUT2D eigenvalue weighted by Gasteiger charge is -2.04. The van der Waals surface area contributed by atoms with E-state index >= 15 is 0 Å². The fourth-order valence-corrected chi connectivity index (χ4v) is 2.64. The van der Waals surface area contributed by atoms with Crippen molar-refractivity contribution in [3.63, 3.8) is 0 Å². The van der Waals surface area contributed by atoms with Crippen LogP contribution in [0.15, 0.2) is 60.8 Å². The molecule has 1 N–H and O–H groups in total. The van der Waals surface area contributed by atoms with Crippen LogP contribution in [0.3, 0.4) is 0 Å². The molecule has 128 valence electrons. The topological polar surface area (TPSA) is 72.2 Å². The van der Waals surface area contributed by atoms with Gasteiger partial charge in [-0.3, -0.25) is 4.79 Å². The number of hydrogen-bond acceptors (Lipinski definition) is 4. The monoisotopic (exact) mass is 347 g/mol. The molecular formula is C19H14FN5O. The maximum Gasteiger partial charge on any atom is 0.277 e. The summed E-state index contributed by atoms with van der Waals surface area (Å²) >= 11 is 0. The Bertz CT molecular complexity index is 1100. The Morgan fingerprint density at radius 1 is 1.12 bits per heavy atom.